The van der Waals surface area contributed by atoms with Crippen LogP contribution in [-0.4, -0.2) is 31.3 Å². The maximum absolute atomic E-state index is 10.7. The van der Waals surface area contributed by atoms with Gasteiger partial charge in [0.2, 0.25) is 0 Å². The molecule has 2 rings (SSSR count). The van der Waals surface area contributed by atoms with Crippen LogP contribution in [0.15, 0.2) is 54.6 Å². The molecule has 0 radical (unpaired) electrons. The van der Waals surface area contributed by atoms with E-state index in [2.05, 4.69) is 0 Å². The molecule has 0 heterocycles. The molecule has 124 valence electrons. The molecular weight excluding hydrogens is 314 g/mol. The van der Waals surface area contributed by atoms with Crippen LogP contribution >= 0.6 is 12.4 Å². The van der Waals surface area contributed by atoms with Crippen molar-refractivity contribution in [2.75, 3.05) is 25.1 Å². The van der Waals surface area contributed by atoms with Crippen molar-refractivity contribution in [3.63, 3.8) is 0 Å². The van der Waals surface area contributed by atoms with Gasteiger partial charge in [0.05, 0.1) is 13.2 Å². The number of carboxylic acid groups (broad SMARTS) is 1. The summed E-state index contributed by atoms with van der Waals surface area (Å²) in [6.07, 6.45) is 0.843. The summed E-state index contributed by atoms with van der Waals surface area (Å²) < 4.78 is 5.67. The summed E-state index contributed by atoms with van der Waals surface area (Å²) in [6.45, 7) is 1.29. The second kappa shape index (κ2) is 9.87. The monoisotopic (exact) mass is 335 g/mol. The Bertz CT molecular complexity index is 587. The fourth-order valence-electron chi connectivity index (χ4n) is 2.17. The molecule has 0 aliphatic carbocycles. The summed E-state index contributed by atoms with van der Waals surface area (Å²) in [7, 11) is 1.77. The van der Waals surface area contributed by atoms with E-state index in [1.54, 1.807) is 11.9 Å². The molecule has 1 N–H and O–H groups in total. The van der Waals surface area contributed by atoms with Crippen molar-refractivity contribution >= 4 is 24.1 Å². The van der Waals surface area contributed by atoms with E-state index in [-0.39, 0.29) is 19.0 Å². The third-order valence-corrected chi connectivity index (χ3v) is 3.40. The zero-order valence-electron chi connectivity index (χ0n) is 13.1. The maximum atomic E-state index is 10.7. The van der Waals surface area contributed by atoms with Crippen LogP contribution in [0.5, 0.6) is 0 Å². The summed E-state index contributed by atoms with van der Waals surface area (Å²) in [5.74, 6) is -0.833. The van der Waals surface area contributed by atoms with Crippen molar-refractivity contribution in [3.05, 3.63) is 65.7 Å². The first kappa shape index (κ1) is 19.0. The van der Waals surface area contributed by atoms with E-state index in [0.717, 1.165) is 12.1 Å². The lowest BCUT2D eigenvalue weighted by atomic mass is 10.1. The average molecular weight is 336 g/mol. The van der Waals surface area contributed by atoms with Crippen molar-refractivity contribution < 1.29 is 14.6 Å². The van der Waals surface area contributed by atoms with Gasteiger partial charge in [0.15, 0.2) is 0 Å². The highest BCUT2D eigenvalue weighted by molar-refractivity contribution is 5.85. The number of likely N-dealkylation sites (N-methyl/N-ethyl adjacent to an activating group) is 1. The molecule has 5 heteroatoms. The van der Waals surface area contributed by atoms with Crippen LogP contribution in [-0.2, 0) is 22.6 Å². The predicted molar refractivity (Wildman–Crippen MR) is 94.4 cm³/mol. The van der Waals surface area contributed by atoms with Crippen molar-refractivity contribution in [1.82, 2.24) is 0 Å². The fourth-order valence-corrected chi connectivity index (χ4v) is 2.17. The number of ether oxygens (including phenoxy) is 1. The van der Waals surface area contributed by atoms with Crippen LogP contribution in [0.1, 0.15) is 11.1 Å². The molecule has 0 aliphatic rings. The maximum Gasteiger partial charge on any atom is 0.323 e. The van der Waals surface area contributed by atoms with Gasteiger partial charge in [0, 0.05) is 12.7 Å². The quantitative estimate of drug-likeness (QED) is 0.751. The minimum absolute atomic E-state index is 0. The number of anilines is 1. The van der Waals surface area contributed by atoms with Crippen molar-refractivity contribution in [3.8, 4) is 0 Å². The molecule has 2 aromatic carbocycles. The van der Waals surface area contributed by atoms with Gasteiger partial charge in [-0.2, -0.15) is 0 Å². The van der Waals surface area contributed by atoms with Gasteiger partial charge in [0.1, 0.15) is 6.54 Å². The number of hydrogen-bond donors (Lipinski definition) is 1. The molecule has 2 aromatic rings. The number of rotatable bonds is 8. The predicted octanol–water partition coefficient (Wildman–Crippen LogP) is 3.39. The molecule has 0 aliphatic heterocycles. The second-order valence-corrected chi connectivity index (χ2v) is 5.20. The third-order valence-electron chi connectivity index (χ3n) is 3.40. The number of aliphatic carboxylic acids is 1. The van der Waals surface area contributed by atoms with E-state index in [1.807, 2.05) is 54.6 Å². The number of nitrogens with zero attached hydrogens (tertiary/aromatic N) is 1. The van der Waals surface area contributed by atoms with Crippen LogP contribution in [0.3, 0.4) is 0 Å². The van der Waals surface area contributed by atoms with Gasteiger partial charge < -0.3 is 14.7 Å². The zero-order valence-corrected chi connectivity index (χ0v) is 14.0. The Hall–Kier alpha value is -2.04. The van der Waals surface area contributed by atoms with Gasteiger partial charge >= 0.3 is 5.97 Å². The summed E-state index contributed by atoms with van der Waals surface area (Å²) in [6, 6.07) is 18.0. The summed E-state index contributed by atoms with van der Waals surface area (Å²) >= 11 is 0. The second-order valence-electron chi connectivity index (χ2n) is 5.20. The highest BCUT2D eigenvalue weighted by atomic mass is 35.5. The number of halogens is 1. The largest absolute Gasteiger partial charge is 0.480 e. The van der Waals surface area contributed by atoms with Crippen LogP contribution in [0.4, 0.5) is 5.69 Å². The van der Waals surface area contributed by atoms with Crippen LogP contribution in [0.2, 0.25) is 0 Å². The number of benzene rings is 2. The summed E-state index contributed by atoms with van der Waals surface area (Å²) in [5, 5.41) is 8.78. The van der Waals surface area contributed by atoms with E-state index in [1.165, 1.54) is 11.1 Å². The third kappa shape index (κ3) is 6.72. The van der Waals surface area contributed by atoms with E-state index in [4.69, 9.17) is 9.84 Å². The molecule has 23 heavy (non-hydrogen) atoms. The molecule has 0 unspecified atom stereocenters. The Morgan fingerprint density at radius 3 is 2.30 bits per heavy atom. The number of carboxylic acids is 1. The molecule has 0 saturated heterocycles. The average Bonchev–Trinajstić information content (AvgIpc) is 2.52. The normalized spacial score (nSPS) is 9.96. The first-order valence-corrected chi connectivity index (χ1v) is 7.28. The van der Waals surface area contributed by atoms with Crippen LogP contribution < -0.4 is 4.90 Å². The fraction of sp³-hybridized carbons (Fsp3) is 0.278. The van der Waals surface area contributed by atoms with Gasteiger partial charge in [-0.25, -0.2) is 0 Å². The van der Waals surface area contributed by atoms with Gasteiger partial charge in [0.25, 0.3) is 0 Å². The Balaban J connectivity index is 0.00000264. The SMILES string of the molecule is CN(CC(=O)O)c1ccc(CCOCc2ccccc2)cc1.Cl. The van der Waals surface area contributed by atoms with Crippen LogP contribution in [0.25, 0.3) is 0 Å². The molecule has 0 amide bonds. The van der Waals surface area contributed by atoms with Crippen molar-refractivity contribution in [1.29, 1.82) is 0 Å². The lowest BCUT2D eigenvalue weighted by molar-refractivity contribution is -0.135. The van der Waals surface area contributed by atoms with Gasteiger partial charge in [-0.05, 0) is 29.7 Å². The van der Waals surface area contributed by atoms with E-state index in [9.17, 15) is 4.79 Å². The number of carbonyl (C=O) groups is 1. The Kier molecular flexibility index (Phi) is 8.16. The molecule has 0 saturated carbocycles. The number of hydrogen-bond acceptors (Lipinski definition) is 3. The molecule has 0 bridgehead atoms. The van der Waals surface area contributed by atoms with E-state index >= 15 is 0 Å². The topological polar surface area (TPSA) is 49.8 Å². The lowest BCUT2D eigenvalue weighted by Gasteiger charge is -2.16. The van der Waals surface area contributed by atoms with Crippen molar-refractivity contribution in [2.24, 2.45) is 0 Å². The molecular formula is C18H22ClNO3. The first-order valence-electron chi connectivity index (χ1n) is 7.28. The highest BCUT2D eigenvalue weighted by Gasteiger charge is 2.05. The smallest absolute Gasteiger partial charge is 0.323 e. The van der Waals surface area contributed by atoms with E-state index in [0.29, 0.717) is 13.2 Å². The molecule has 4 nitrogen and oxygen atoms in total. The first-order chi connectivity index (χ1) is 10.6. The van der Waals surface area contributed by atoms with Gasteiger partial charge in [-0.1, -0.05) is 42.5 Å². The molecule has 0 atom stereocenters. The highest BCUT2D eigenvalue weighted by Crippen LogP contribution is 2.14. The van der Waals surface area contributed by atoms with Crippen molar-refractivity contribution in [2.45, 2.75) is 13.0 Å². The Morgan fingerprint density at radius 2 is 1.70 bits per heavy atom. The minimum Gasteiger partial charge on any atom is -0.480 e. The minimum atomic E-state index is -0.833. The molecule has 0 spiro atoms. The standard InChI is InChI=1S/C18H21NO3.ClH/c1-19(13-18(20)21)17-9-7-15(8-10-17)11-12-22-14-16-5-3-2-4-6-16;/h2-10H,11-14H2,1H3,(H,20,21);1H. The van der Waals surface area contributed by atoms with Gasteiger partial charge in [-0.15, -0.1) is 12.4 Å². The Labute approximate surface area is 143 Å². The lowest BCUT2D eigenvalue weighted by Crippen LogP contribution is -2.24. The Morgan fingerprint density at radius 1 is 1.04 bits per heavy atom. The summed E-state index contributed by atoms with van der Waals surface area (Å²) in [5.41, 5.74) is 3.25. The zero-order chi connectivity index (χ0) is 15.8. The van der Waals surface area contributed by atoms with Gasteiger partial charge in [-0.3, -0.25) is 4.79 Å². The van der Waals surface area contributed by atoms with E-state index < -0.39 is 5.97 Å². The molecule has 0 aromatic heterocycles. The molecule has 0 fully saturated rings. The van der Waals surface area contributed by atoms with Crippen LogP contribution in [0, 0.1) is 0 Å². The summed E-state index contributed by atoms with van der Waals surface area (Å²) in [4.78, 5) is 12.4.